The third kappa shape index (κ3) is 3.90. The fourth-order valence-corrected chi connectivity index (χ4v) is 3.14. The first kappa shape index (κ1) is 17.2. The molecule has 0 unspecified atom stereocenters. The number of aromatic amines is 1. The van der Waals surface area contributed by atoms with Gasteiger partial charge < -0.3 is 14.6 Å². The zero-order valence-corrected chi connectivity index (χ0v) is 14.3. The molecule has 0 aliphatic carbocycles. The number of esters is 1. The van der Waals surface area contributed by atoms with Crippen LogP contribution in [0.5, 0.6) is 0 Å². The lowest BCUT2D eigenvalue weighted by Gasteiger charge is -2.23. The number of likely N-dealkylation sites (tertiary alicyclic amines) is 1. The zero-order chi connectivity index (χ0) is 17.8. The Hall–Kier alpha value is -2.63. The summed E-state index contributed by atoms with van der Waals surface area (Å²) in [7, 11) is 0. The molecule has 0 spiro atoms. The van der Waals surface area contributed by atoms with Crippen molar-refractivity contribution in [3.8, 4) is 0 Å². The number of hydrogen-bond acceptors (Lipinski definition) is 4. The summed E-state index contributed by atoms with van der Waals surface area (Å²) in [4.78, 5) is 41.2. The predicted molar refractivity (Wildman–Crippen MR) is 94.5 cm³/mol. The normalized spacial score (nSPS) is 16.3. The summed E-state index contributed by atoms with van der Waals surface area (Å²) in [6, 6.07) is 8.57. The highest BCUT2D eigenvalue weighted by atomic mass is 16.5. The number of nitrogens with zero attached hydrogens (tertiary/aromatic N) is 1. The van der Waals surface area contributed by atoms with E-state index in [2.05, 4.69) is 4.98 Å². The Morgan fingerprint density at radius 1 is 1.12 bits per heavy atom. The van der Waals surface area contributed by atoms with Crippen LogP contribution in [0.1, 0.15) is 43.1 Å². The van der Waals surface area contributed by atoms with Gasteiger partial charge in [0, 0.05) is 18.5 Å². The van der Waals surface area contributed by atoms with Crippen molar-refractivity contribution in [2.75, 3.05) is 13.1 Å². The lowest BCUT2D eigenvalue weighted by atomic mass is 10.1. The quantitative estimate of drug-likeness (QED) is 0.869. The molecule has 1 fully saturated rings. The van der Waals surface area contributed by atoms with Gasteiger partial charge in [0.05, 0.1) is 0 Å². The second-order valence-electron chi connectivity index (χ2n) is 6.39. The van der Waals surface area contributed by atoms with Crippen LogP contribution in [0.4, 0.5) is 0 Å². The molecule has 1 aromatic heterocycles. The standard InChI is InChI=1S/C19H22N2O4/c1-13(18(23)21-10-6-2-3-7-11-21)25-19(24)16-12-14-8-4-5-9-15(14)17(22)20-16/h4-5,8-9,12-13H,2-3,6-7,10-11H2,1H3,(H,20,22)/t13-/m0/s1. The van der Waals surface area contributed by atoms with Crippen LogP contribution in [0, 0.1) is 0 Å². The number of aromatic nitrogens is 1. The highest BCUT2D eigenvalue weighted by molar-refractivity contribution is 5.94. The van der Waals surface area contributed by atoms with Crippen molar-refractivity contribution in [3.05, 3.63) is 46.4 Å². The van der Waals surface area contributed by atoms with Crippen molar-refractivity contribution in [1.82, 2.24) is 9.88 Å². The monoisotopic (exact) mass is 342 g/mol. The number of carbonyl (C=O) groups excluding carboxylic acids is 2. The maximum Gasteiger partial charge on any atom is 0.355 e. The Morgan fingerprint density at radius 2 is 1.80 bits per heavy atom. The van der Waals surface area contributed by atoms with E-state index in [0.29, 0.717) is 23.9 Å². The number of fused-ring (bicyclic) bond motifs is 1. The van der Waals surface area contributed by atoms with Gasteiger partial charge in [0.2, 0.25) is 0 Å². The Morgan fingerprint density at radius 3 is 2.52 bits per heavy atom. The molecule has 25 heavy (non-hydrogen) atoms. The highest BCUT2D eigenvalue weighted by Crippen LogP contribution is 2.14. The summed E-state index contributed by atoms with van der Waals surface area (Å²) in [6.45, 7) is 2.98. The van der Waals surface area contributed by atoms with E-state index in [1.165, 1.54) is 0 Å². The molecule has 2 heterocycles. The van der Waals surface area contributed by atoms with Crippen LogP contribution < -0.4 is 5.56 Å². The van der Waals surface area contributed by atoms with Gasteiger partial charge in [0.25, 0.3) is 11.5 Å². The molecule has 1 amide bonds. The first-order valence-electron chi connectivity index (χ1n) is 8.68. The maximum atomic E-state index is 12.5. The van der Waals surface area contributed by atoms with Crippen molar-refractivity contribution in [2.45, 2.75) is 38.7 Å². The Labute approximate surface area is 145 Å². The van der Waals surface area contributed by atoms with Gasteiger partial charge in [0.1, 0.15) is 5.69 Å². The minimum Gasteiger partial charge on any atom is -0.448 e. The average Bonchev–Trinajstić information content (AvgIpc) is 2.90. The van der Waals surface area contributed by atoms with Crippen LogP contribution in [0.25, 0.3) is 10.8 Å². The molecule has 1 atom stereocenters. The molecule has 3 rings (SSSR count). The molecule has 1 aromatic carbocycles. The minimum absolute atomic E-state index is 0.0548. The van der Waals surface area contributed by atoms with Gasteiger partial charge in [-0.05, 0) is 37.3 Å². The van der Waals surface area contributed by atoms with E-state index in [1.54, 1.807) is 42.2 Å². The Balaban J connectivity index is 1.73. The third-order valence-corrected chi connectivity index (χ3v) is 4.52. The Kier molecular flexibility index (Phi) is 5.16. The van der Waals surface area contributed by atoms with E-state index in [1.807, 2.05) is 0 Å². The summed E-state index contributed by atoms with van der Waals surface area (Å²) in [5, 5.41) is 1.16. The largest absolute Gasteiger partial charge is 0.448 e. The van der Waals surface area contributed by atoms with E-state index in [0.717, 1.165) is 25.7 Å². The lowest BCUT2D eigenvalue weighted by molar-refractivity contribution is -0.139. The molecule has 0 radical (unpaired) electrons. The number of ether oxygens (including phenoxy) is 1. The van der Waals surface area contributed by atoms with E-state index in [-0.39, 0.29) is 17.2 Å². The van der Waals surface area contributed by atoms with E-state index < -0.39 is 12.1 Å². The van der Waals surface area contributed by atoms with Gasteiger partial charge in [0.15, 0.2) is 6.10 Å². The lowest BCUT2D eigenvalue weighted by Crippen LogP contribution is -2.40. The van der Waals surface area contributed by atoms with Crippen molar-refractivity contribution >= 4 is 22.6 Å². The number of H-pyrrole nitrogens is 1. The van der Waals surface area contributed by atoms with E-state index in [4.69, 9.17) is 4.74 Å². The topological polar surface area (TPSA) is 79.5 Å². The molecule has 132 valence electrons. The molecule has 0 bridgehead atoms. The molecule has 0 saturated carbocycles. The van der Waals surface area contributed by atoms with Crippen molar-refractivity contribution < 1.29 is 14.3 Å². The fourth-order valence-electron chi connectivity index (χ4n) is 3.14. The number of carbonyl (C=O) groups is 2. The molecule has 1 aliphatic rings. The van der Waals surface area contributed by atoms with Crippen LogP contribution in [0.15, 0.2) is 35.1 Å². The molecule has 1 N–H and O–H groups in total. The van der Waals surface area contributed by atoms with Crippen LogP contribution in [0.2, 0.25) is 0 Å². The molecule has 6 heteroatoms. The number of amides is 1. The van der Waals surface area contributed by atoms with Gasteiger partial charge in [-0.3, -0.25) is 9.59 Å². The summed E-state index contributed by atoms with van der Waals surface area (Å²) in [5.41, 5.74) is -0.296. The summed E-state index contributed by atoms with van der Waals surface area (Å²) < 4.78 is 5.30. The minimum atomic E-state index is -0.874. The van der Waals surface area contributed by atoms with Gasteiger partial charge in [-0.2, -0.15) is 0 Å². The average molecular weight is 342 g/mol. The van der Waals surface area contributed by atoms with Gasteiger partial charge in [-0.25, -0.2) is 4.79 Å². The fraction of sp³-hybridized carbons (Fsp3) is 0.421. The van der Waals surface area contributed by atoms with Crippen molar-refractivity contribution in [3.63, 3.8) is 0 Å². The summed E-state index contributed by atoms with van der Waals surface area (Å²) in [6.07, 6.45) is 3.32. The molecular weight excluding hydrogens is 320 g/mol. The van der Waals surface area contributed by atoms with E-state index in [9.17, 15) is 14.4 Å². The first-order chi connectivity index (χ1) is 12.1. The second-order valence-corrected chi connectivity index (χ2v) is 6.39. The smallest absolute Gasteiger partial charge is 0.355 e. The number of hydrogen-bond donors (Lipinski definition) is 1. The van der Waals surface area contributed by atoms with Gasteiger partial charge in [-0.1, -0.05) is 31.0 Å². The van der Waals surface area contributed by atoms with Crippen LogP contribution in [-0.2, 0) is 9.53 Å². The number of pyridine rings is 1. The Bertz CT molecular complexity index is 835. The van der Waals surface area contributed by atoms with E-state index >= 15 is 0 Å². The molecule has 1 aliphatic heterocycles. The first-order valence-corrected chi connectivity index (χ1v) is 8.68. The van der Waals surface area contributed by atoms with Crippen LogP contribution >= 0.6 is 0 Å². The van der Waals surface area contributed by atoms with Crippen molar-refractivity contribution in [1.29, 1.82) is 0 Å². The third-order valence-electron chi connectivity index (χ3n) is 4.52. The van der Waals surface area contributed by atoms with Crippen molar-refractivity contribution in [2.24, 2.45) is 0 Å². The predicted octanol–water partition coefficient (Wildman–Crippen LogP) is 2.48. The van der Waals surface area contributed by atoms with Gasteiger partial charge in [-0.15, -0.1) is 0 Å². The SMILES string of the molecule is C[C@H](OC(=O)c1cc2ccccc2c(=O)[nH]1)C(=O)N1CCCCCC1. The molecular formula is C19H22N2O4. The second kappa shape index (κ2) is 7.51. The van der Waals surface area contributed by atoms with Crippen LogP contribution in [0.3, 0.4) is 0 Å². The number of nitrogens with one attached hydrogen (secondary N) is 1. The van der Waals surface area contributed by atoms with Gasteiger partial charge >= 0.3 is 5.97 Å². The number of benzene rings is 1. The molecule has 2 aromatic rings. The number of rotatable bonds is 3. The summed E-state index contributed by atoms with van der Waals surface area (Å²) in [5.74, 6) is -0.878. The highest BCUT2D eigenvalue weighted by Gasteiger charge is 2.25. The maximum absolute atomic E-state index is 12.5. The molecule has 1 saturated heterocycles. The molecule has 6 nitrogen and oxygen atoms in total. The van der Waals surface area contributed by atoms with Crippen LogP contribution in [-0.4, -0.2) is 41.0 Å². The summed E-state index contributed by atoms with van der Waals surface area (Å²) >= 11 is 0. The zero-order valence-electron chi connectivity index (χ0n) is 14.3.